The predicted octanol–water partition coefficient (Wildman–Crippen LogP) is 1.000. The zero-order chi connectivity index (χ0) is 11.9. The van der Waals surface area contributed by atoms with Gasteiger partial charge in [0.15, 0.2) is 4.96 Å². The summed E-state index contributed by atoms with van der Waals surface area (Å²) in [7, 11) is 0. The van der Waals surface area contributed by atoms with Crippen molar-refractivity contribution in [1.29, 1.82) is 0 Å². The molecule has 1 N–H and O–H groups in total. The van der Waals surface area contributed by atoms with E-state index in [-0.39, 0.29) is 12.0 Å². The number of aromatic nitrogens is 2. The Morgan fingerprint density at radius 3 is 2.88 bits per heavy atom. The Kier molecular flexibility index (Phi) is 2.51. The second-order valence-electron chi connectivity index (χ2n) is 3.54. The normalized spacial score (nSPS) is 10.9. The lowest BCUT2D eigenvalue weighted by atomic mass is 10.2. The van der Waals surface area contributed by atoms with E-state index in [1.165, 1.54) is 15.7 Å². The van der Waals surface area contributed by atoms with E-state index in [2.05, 4.69) is 4.98 Å². The molecule has 0 saturated heterocycles. The summed E-state index contributed by atoms with van der Waals surface area (Å²) in [6.07, 6.45) is -0.163. The molecule has 2 heterocycles. The van der Waals surface area contributed by atoms with Crippen molar-refractivity contribution >= 4 is 22.3 Å². The van der Waals surface area contributed by atoms with Gasteiger partial charge in [-0.15, -0.1) is 11.3 Å². The number of aliphatic carboxylic acids is 1. The molecule has 0 radical (unpaired) electrons. The summed E-state index contributed by atoms with van der Waals surface area (Å²) >= 11 is 1.28. The van der Waals surface area contributed by atoms with Gasteiger partial charge in [0.2, 0.25) is 0 Å². The first kappa shape index (κ1) is 10.8. The largest absolute Gasteiger partial charge is 0.481 e. The number of fused-ring (bicyclic) bond motifs is 1. The molecule has 0 atom stereocenters. The molecule has 0 aliphatic heterocycles. The number of nitrogens with zero attached hydrogens (tertiary/aromatic N) is 2. The minimum absolute atomic E-state index is 0.163. The van der Waals surface area contributed by atoms with Crippen LogP contribution in [0.15, 0.2) is 10.2 Å². The molecule has 0 amide bonds. The fourth-order valence-corrected chi connectivity index (χ4v) is 2.39. The van der Waals surface area contributed by atoms with E-state index in [9.17, 15) is 9.59 Å². The van der Waals surface area contributed by atoms with Crippen molar-refractivity contribution in [1.82, 2.24) is 9.38 Å². The van der Waals surface area contributed by atoms with Crippen LogP contribution in [-0.4, -0.2) is 20.5 Å². The molecule has 0 saturated carbocycles. The minimum atomic E-state index is -0.954. The number of hydrogen-bond acceptors (Lipinski definition) is 4. The maximum atomic E-state index is 11.9. The first-order valence-corrected chi connectivity index (χ1v) is 5.57. The second-order valence-corrected chi connectivity index (χ2v) is 4.38. The molecule has 0 aromatic carbocycles. The van der Waals surface area contributed by atoms with Crippen LogP contribution < -0.4 is 5.56 Å². The molecule has 2 rings (SSSR count). The molecule has 2 aromatic heterocycles. The fraction of sp³-hybridized carbons (Fsp3) is 0.300. The molecule has 2 aromatic rings. The Morgan fingerprint density at radius 1 is 1.56 bits per heavy atom. The summed E-state index contributed by atoms with van der Waals surface area (Å²) in [5, 5.41) is 10.4. The van der Waals surface area contributed by atoms with Crippen molar-refractivity contribution in [2.24, 2.45) is 0 Å². The monoisotopic (exact) mass is 238 g/mol. The van der Waals surface area contributed by atoms with Crippen LogP contribution in [0.4, 0.5) is 0 Å². The Labute approximate surface area is 95.0 Å². The smallest absolute Gasteiger partial charge is 0.309 e. The maximum Gasteiger partial charge on any atom is 0.309 e. The van der Waals surface area contributed by atoms with Gasteiger partial charge in [0.05, 0.1) is 6.42 Å². The molecule has 84 valence electrons. The summed E-state index contributed by atoms with van der Waals surface area (Å²) in [6.45, 7) is 3.46. The molecular weight excluding hydrogens is 228 g/mol. The third-order valence-corrected chi connectivity index (χ3v) is 3.32. The lowest BCUT2D eigenvalue weighted by molar-refractivity contribution is -0.136. The van der Waals surface area contributed by atoms with Gasteiger partial charge < -0.3 is 5.11 Å². The average molecular weight is 238 g/mol. The molecule has 0 spiro atoms. The molecule has 0 fully saturated rings. The van der Waals surface area contributed by atoms with Crippen LogP contribution in [0.3, 0.4) is 0 Å². The van der Waals surface area contributed by atoms with Crippen molar-refractivity contribution in [3.05, 3.63) is 32.7 Å². The van der Waals surface area contributed by atoms with Crippen LogP contribution in [-0.2, 0) is 11.2 Å². The highest BCUT2D eigenvalue weighted by Crippen LogP contribution is 2.14. The van der Waals surface area contributed by atoms with Gasteiger partial charge in [0.25, 0.3) is 5.56 Å². The quantitative estimate of drug-likeness (QED) is 0.847. The third-order valence-electron chi connectivity index (χ3n) is 2.44. The van der Waals surface area contributed by atoms with Gasteiger partial charge in [-0.3, -0.25) is 14.0 Å². The van der Waals surface area contributed by atoms with E-state index in [4.69, 9.17) is 5.11 Å². The lowest BCUT2D eigenvalue weighted by Crippen LogP contribution is -2.20. The van der Waals surface area contributed by atoms with E-state index >= 15 is 0 Å². The fourth-order valence-electron chi connectivity index (χ4n) is 1.47. The van der Waals surface area contributed by atoms with E-state index in [1.807, 2.05) is 0 Å². The molecular formula is C10H10N2O3S. The Hall–Kier alpha value is -1.69. The van der Waals surface area contributed by atoms with Gasteiger partial charge in [0.1, 0.15) is 0 Å². The molecule has 5 nitrogen and oxygen atoms in total. The SMILES string of the molecule is Cc1nc2scc(CC(=O)O)n2c(=O)c1C. The Balaban J connectivity index is 2.76. The summed E-state index contributed by atoms with van der Waals surface area (Å²) in [6, 6.07) is 0. The molecule has 0 aliphatic rings. The number of carboxylic acids is 1. The van der Waals surface area contributed by atoms with Gasteiger partial charge in [-0.1, -0.05) is 0 Å². The highest BCUT2D eigenvalue weighted by molar-refractivity contribution is 7.15. The number of hydrogen-bond donors (Lipinski definition) is 1. The van der Waals surface area contributed by atoms with Gasteiger partial charge in [-0.2, -0.15) is 0 Å². The number of thiazole rings is 1. The van der Waals surface area contributed by atoms with Crippen LogP contribution in [0.25, 0.3) is 4.96 Å². The summed E-state index contributed by atoms with van der Waals surface area (Å²) in [5.41, 5.74) is 1.55. The van der Waals surface area contributed by atoms with Crippen LogP contribution in [0.5, 0.6) is 0 Å². The van der Waals surface area contributed by atoms with Crippen LogP contribution in [0, 0.1) is 13.8 Å². The first-order valence-electron chi connectivity index (χ1n) is 4.69. The predicted molar refractivity (Wildman–Crippen MR) is 60.2 cm³/mol. The topological polar surface area (TPSA) is 71.7 Å². The van der Waals surface area contributed by atoms with Gasteiger partial charge in [0, 0.05) is 22.3 Å². The minimum Gasteiger partial charge on any atom is -0.481 e. The lowest BCUT2D eigenvalue weighted by Gasteiger charge is -2.01. The molecule has 6 heteroatoms. The van der Waals surface area contributed by atoms with Crippen molar-refractivity contribution in [2.75, 3.05) is 0 Å². The molecule has 0 bridgehead atoms. The Morgan fingerprint density at radius 2 is 2.25 bits per heavy atom. The van der Waals surface area contributed by atoms with Crippen molar-refractivity contribution < 1.29 is 9.90 Å². The van der Waals surface area contributed by atoms with Crippen LogP contribution in [0.2, 0.25) is 0 Å². The van der Waals surface area contributed by atoms with E-state index < -0.39 is 5.97 Å². The van der Waals surface area contributed by atoms with Crippen molar-refractivity contribution in [3.8, 4) is 0 Å². The number of aryl methyl sites for hydroxylation is 1. The zero-order valence-electron chi connectivity index (χ0n) is 8.85. The standard InChI is InChI=1S/C10H10N2O3S/c1-5-6(2)11-10-12(9(5)15)7(4-16-10)3-8(13)14/h4H,3H2,1-2H3,(H,13,14). The van der Waals surface area contributed by atoms with E-state index in [0.29, 0.717) is 21.9 Å². The van der Waals surface area contributed by atoms with Crippen molar-refractivity contribution in [2.45, 2.75) is 20.3 Å². The number of rotatable bonds is 2. The second kappa shape index (κ2) is 3.71. The summed E-state index contributed by atoms with van der Waals surface area (Å²) in [5.74, 6) is -0.954. The third kappa shape index (κ3) is 1.61. The van der Waals surface area contributed by atoms with Gasteiger partial charge in [-0.05, 0) is 13.8 Å². The van der Waals surface area contributed by atoms with E-state index in [0.717, 1.165) is 0 Å². The molecule has 16 heavy (non-hydrogen) atoms. The highest BCUT2D eigenvalue weighted by atomic mass is 32.1. The molecule has 0 unspecified atom stereocenters. The van der Waals surface area contributed by atoms with Crippen molar-refractivity contribution in [3.63, 3.8) is 0 Å². The average Bonchev–Trinajstić information content (AvgIpc) is 2.57. The van der Waals surface area contributed by atoms with E-state index in [1.54, 1.807) is 19.2 Å². The maximum absolute atomic E-state index is 11.9. The first-order chi connectivity index (χ1) is 7.50. The highest BCUT2D eigenvalue weighted by Gasteiger charge is 2.12. The van der Waals surface area contributed by atoms with Crippen LogP contribution >= 0.6 is 11.3 Å². The van der Waals surface area contributed by atoms with Gasteiger partial charge >= 0.3 is 5.97 Å². The molecule has 0 aliphatic carbocycles. The Bertz CT molecular complexity index is 627. The van der Waals surface area contributed by atoms with Gasteiger partial charge in [-0.25, -0.2) is 4.98 Å². The summed E-state index contributed by atoms with van der Waals surface area (Å²) < 4.78 is 1.38. The zero-order valence-corrected chi connectivity index (χ0v) is 9.67. The van der Waals surface area contributed by atoms with Crippen LogP contribution in [0.1, 0.15) is 17.0 Å². The summed E-state index contributed by atoms with van der Waals surface area (Å²) in [4.78, 5) is 27.4. The number of carboxylic acid groups (broad SMARTS) is 1. The number of carbonyl (C=O) groups is 1.